The van der Waals surface area contributed by atoms with Crippen molar-refractivity contribution in [2.75, 3.05) is 14.2 Å². The van der Waals surface area contributed by atoms with Crippen LogP contribution in [-0.2, 0) is 6.54 Å². The molecule has 0 aliphatic rings. The zero-order valence-corrected chi connectivity index (χ0v) is 11.8. The molecule has 0 aliphatic heterocycles. The number of ether oxygens (including phenoxy) is 1. The minimum absolute atomic E-state index is 0.170. The van der Waals surface area contributed by atoms with Gasteiger partial charge in [0.2, 0.25) is 0 Å². The highest BCUT2D eigenvalue weighted by Gasteiger charge is 2.11. The fourth-order valence-corrected chi connectivity index (χ4v) is 1.83. The average Bonchev–Trinajstić information content (AvgIpc) is 2.35. The molecule has 0 fully saturated rings. The highest BCUT2D eigenvalue weighted by molar-refractivity contribution is 5.73. The van der Waals surface area contributed by atoms with Gasteiger partial charge in [-0.2, -0.15) is 0 Å². The smallest absolute Gasteiger partial charge is 0.314 e. The average molecular weight is 250 g/mol. The first-order valence-electron chi connectivity index (χ1n) is 6.12. The topological polar surface area (TPSA) is 50.4 Å². The molecule has 0 unspecified atom stereocenters. The van der Waals surface area contributed by atoms with E-state index in [0.29, 0.717) is 12.5 Å². The van der Waals surface area contributed by atoms with Crippen LogP contribution in [0.15, 0.2) is 12.1 Å². The molecule has 1 rings (SSSR count). The minimum Gasteiger partial charge on any atom is -0.496 e. The van der Waals surface area contributed by atoms with E-state index >= 15 is 0 Å². The van der Waals surface area contributed by atoms with Gasteiger partial charge in [0.25, 0.3) is 0 Å². The fourth-order valence-electron chi connectivity index (χ4n) is 1.83. The third-order valence-corrected chi connectivity index (χ3v) is 2.98. The Morgan fingerprint density at radius 1 is 1.39 bits per heavy atom. The summed E-state index contributed by atoms with van der Waals surface area (Å²) in [7, 11) is 3.29. The molecule has 18 heavy (non-hydrogen) atoms. The summed E-state index contributed by atoms with van der Waals surface area (Å²) in [6.45, 7) is 6.80. The second kappa shape index (κ2) is 6.28. The van der Waals surface area contributed by atoms with E-state index in [9.17, 15) is 4.79 Å². The molecule has 0 aromatic heterocycles. The number of aryl methyl sites for hydroxylation is 1. The molecule has 2 amide bonds. The Kier molecular flexibility index (Phi) is 5.01. The van der Waals surface area contributed by atoms with Crippen LogP contribution in [0.1, 0.15) is 36.5 Å². The molecule has 0 atom stereocenters. The van der Waals surface area contributed by atoms with Gasteiger partial charge in [0.05, 0.1) is 7.11 Å². The van der Waals surface area contributed by atoms with Crippen molar-refractivity contribution in [3.8, 4) is 5.75 Å². The lowest BCUT2D eigenvalue weighted by atomic mass is 9.96. The van der Waals surface area contributed by atoms with Gasteiger partial charge in [0.1, 0.15) is 5.75 Å². The predicted molar refractivity (Wildman–Crippen MR) is 73.1 cm³/mol. The number of carbonyl (C=O) groups excluding carboxylic acids is 1. The summed E-state index contributed by atoms with van der Waals surface area (Å²) >= 11 is 0. The number of urea groups is 1. The summed E-state index contributed by atoms with van der Waals surface area (Å²) in [5.74, 6) is 1.30. The van der Waals surface area contributed by atoms with E-state index in [0.717, 1.165) is 22.4 Å². The van der Waals surface area contributed by atoms with Gasteiger partial charge in [0.15, 0.2) is 0 Å². The van der Waals surface area contributed by atoms with Crippen molar-refractivity contribution in [1.82, 2.24) is 10.6 Å². The molecule has 4 nitrogen and oxygen atoms in total. The van der Waals surface area contributed by atoms with Gasteiger partial charge in [-0.1, -0.05) is 13.8 Å². The van der Waals surface area contributed by atoms with Crippen LogP contribution < -0.4 is 15.4 Å². The van der Waals surface area contributed by atoms with Crippen LogP contribution in [0.3, 0.4) is 0 Å². The zero-order valence-electron chi connectivity index (χ0n) is 11.8. The summed E-state index contributed by atoms with van der Waals surface area (Å²) in [5, 5.41) is 5.34. The summed E-state index contributed by atoms with van der Waals surface area (Å²) in [4.78, 5) is 11.2. The van der Waals surface area contributed by atoms with Crippen molar-refractivity contribution in [3.05, 3.63) is 28.8 Å². The molecule has 0 heterocycles. The number of benzene rings is 1. The Hall–Kier alpha value is -1.71. The first-order valence-corrected chi connectivity index (χ1v) is 6.12. The molecule has 4 heteroatoms. The highest BCUT2D eigenvalue weighted by atomic mass is 16.5. The molecule has 2 N–H and O–H groups in total. The third-order valence-electron chi connectivity index (χ3n) is 2.98. The maximum Gasteiger partial charge on any atom is 0.314 e. The number of hydrogen-bond donors (Lipinski definition) is 2. The highest BCUT2D eigenvalue weighted by Crippen LogP contribution is 2.29. The molecule has 0 spiro atoms. The maximum absolute atomic E-state index is 11.2. The predicted octanol–water partition coefficient (Wildman–Crippen LogP) is 2.56. The number of amides is 2. The third kappa shape index (κ3) is 3.39. The normalized spacial score (nSPS) is 10.3. The van der Waals surface area contributed by atoms with E-state index in [-0.39, 0.29) is 6.03 Å². The number of nitrogens with one attached hydrogen (secondary N) is 2. The van der Waals surface area contributed by atoms with E-state index in [4.69, 9.17) is 4.74 Å². The Bertz CT molecular complexity index is 428. The molecule has 0 bridgehead atoms. The standard InChI is InChI=1S/C14H22N2O2/c1-9(2)12-7-11(8-16-14(17)15-4)10(3)6-13(12)18-5/h6-7,9H,8H2,1-5H3,(H2,15,16,17). The van der Waals surface area contributed by atoms with E-state index in [1.807, 2.05) is 13.0 Å². The Balaban J connectivity index is 2.98. The first-order chi connectivity index (χ1) is 8.49. The molecule has 0 saturated heterocycles. The SMILES string of the molecule is CNC(=O)NCc1cc(C(C)C)c(OC)cc1C. The van der Waals surface area contributed by atoms with Gasteiger partial charge in [-0.05, 0) is 41.7 Å². The van der Waals surface area contributed by atoms with E-state index in [2.05, 4.69) is 30.5 Å². The minimum atomic E-state index is -0.170. The molecular formula is C14H22N2O2. The largest absolute Gasteiger partial charge is 0.496 e. The second-order valence-corrected chi connectivity index (χ2v) is 4.61. The molecule has 0 aliphatic carbocycles. The van der Waals surface area contributed by atoms with Crippen molar-refractivity contribution in [2.24, 2.45) is 0 Å². The van der Waals surface area contributed by atoms with Crippen LogP contribution in [0.5, 0.6) is 5.75 Å². The summed E-state index contributed by atoms with van der Waals surface area (Å²) in [6.07, 6.45) is 0. The van der Waals surface area contributed by atoms with Gasteiger partial charge in [-0.3, -0.25) is 0 Å². The van der Waals surface area contributed by atoms with Crippen LogP contribution in [-0.4, -0.2) is 20.2 Å². The summed E-state index contributed by atoms with van der Waals surface area (Å²) in [5.41, 5.74) is 3.40. The first kappa shape index (κ1) is 14.4. The van der Waals surface area contributed by atoms with Crippen molar-refractivity contribution in [1.29, 1.82) is 0 Å². The molecule has 0 radical (unpaired) electrons. The lowest BCUT2D eigenvalue weighted by molar-refractivity contribution is 0.242. The van der Waals surface area contributed by atoms with Crippen molar-refractivity contribution in [2.45, 2.75) is 33.2 Å². The maximum atomic E-state index is 11.2. The summed E-state index contributed by atoms with van der Waals surface area (Å²) in [6, 6.07) is 3.96. The van der Waals surface area contributed by atoms with Gasteiger partial charge in [-0.15, -0.1) is 0 Å². The number of carbonyl (C=O) groups is 1. The van der Waals surface area contributed by atoms with Crippen molar-refractivity contribution < 1.29 is 9.53 Å². The van der Waals surface area contributed by atoms with Crippen molar-refractivity contribution >= 4 is 6.03 Å². The van der Waals surface area contributed by atoms with Crippen molar-refractivity contribution in [3.63, 3.8) is 0 Å². The zero-order chi connectivity index (χ0) is 13.7. The second-order valence-electron chi connectivity index (χ2n) is 4.61. The molecule has 0 saturated carbocycles. The number of methoxy groups -OCH3 is 1. The fraction of sp³-hybridized carbons (Fsp3) is 0.500. The molecular weight excluding hydrogens is 228 g/mol. The monoisotopic (exact) mass is 250 g/mol. The van der Waals surface area contributed by atoms with Crippen LogP contribution >= 0.6 is 0 Å². The van der Waals surface area contributed by atoms with E-state index < -0.39 is 0 Å². The molecule has 1 aromatic rings. The lowest BCUT2D eigenvalue weighted by Gasteiger charge is -2.16. The Morgan fingerprint density at radius 2 is 2.06 bits per heavy atom. The number of hydrogen-bond acceptors (Lipinski definition) is 2. The summed E-state index contributed by atoms with van der Waals surface area (Å²) < 4.78 is 5.39. The van der Waals surface area contributed by atoms with Gasteiger partial charge in [-0.25, -0.2) is 4.79 Å². The van der Waals surface area contributed by atoms with Gasteiger partial charge >= 0.3 is 6.03 Å². The Labute approximate surface area is 109 Å². The van der Waals surface area contributed by atoms with Crippen LogP contribution in [0, 0.1) is 6.92 Å². The lowest BCUT2D eigenvalue weighted by Crippen LogP contribution is -2.32. The quantitative estimate of drug-likeness (QED) is 0.863. The Morgan fingerprint density at radius 3 is 2.56 bits per heavy atom. The van der Waals surface area contributed by atoms with Crippen LogP contribution in [0.4, 0.5) is 4.79 Å². The van der Waals surface area contributed by atoms with Gasteiger partial charge in [0, 0.05) is 13.6 Å². The van der Waals surface area contributed by atoms with Gasteiger partial charge < -0.3 is 15.4 Å². The van der Waals surface area contributed by atoms with E-state index in [1.165, 1.54) is 0 Å². The van der Waals surface area contributed by atoms with Crippen LogP contribution in [0.2, 0.25) is 0 Å². The molecule has 100 valence electrons. The van der Waals surface area contributed by atoms with E-state index in [1.54, 1.807) is 14.2 Å². The molecule has 1 aromatic carbocycles. The number of rotatable bonds is 4. The van der Waals surface area contributed by atoms with Crippen LogP contribution in [0.25, 0.3) is 0 Å².